The smallest absolute Gasteiger partial charge is 0.323 e. The second-order valence-electron chi connectivity index (χ2n) is 18.5. The maximum absolute atomic E-state index is 15.6. The lowest BCUT2D eigenvalue weighted by Gasteiger charge is -2.30. The van der Waals surface area contributed by atoms with E-state index in [-0.39, 0.29) is 108 Å². The molecule has 0 aliphatic carbocycles. The van der Waals surface area contributed by atoms with Crippen LogP contribution in [0.4, 0.5) is 5.95 Å². The fourth-order valence-electron chi connectivity index (χ4n) is 8.67. The minimum Gasteiger partial charge on any atom is -0.465 e. The van der Waals surface area contributed by atoms with Gasteiger partial charge in [0.05, 0.1) is 77.5 Å². The average Bonchev–Trinajstić information content (AvgIpc) is 3.86. The predicted octanol–water partition coefficient (Wildman–Crippen LogP) is 5.55. The monoisotopic (exact) mass is 1140 g/mol. The molecule has 24 heteroatoms. The van der Waals surface area contributed by atoms with Gasteiger partial charge in [0, 0.05) is 0 Å². The number of nitrogens with one attached hydrogen (secondary N) is 5. The van der Waals surface area contributed by atoms with E-state index >= 15 is 9.13 Å². The van der Waals surface area contributed by atoms with Crippen LogP contribution in [0.25, 0.3) is 11.2 Å². The van der Waals surface area contributed by atoms with Crippen molar-refractivity contribution in [3.05, 3.63) is 160 Å². The summed E-state index contributed by atoms with van der Waals surface area (Å²) in [5, 5.41) is 12.2. The highest BCUT2D eigenvalue weighted by Crippen LogP contribution is 2.40. The van der Waals surface area contributed by atoms with E-state index < -0.39 is 74.6 Å². The molecule has 80 heavy (non-hydrogen) atoms. The van der Waals surface area contributed by atoms with Crippen LogP contribution in [0.5, 0.6) is 0 Å². The van der Waals surface area contributed by atoms with Gasteiger partial charge in [0.15, 0.2) is 11.2 Å². The van der Waals surface area contributed by atoms with Crippen molar-refractivity contribution < 1.29 is 56.7 Å². The Labute approximate surface area is 465 Å². The van der Waals surface area contributed by atoms with Gasteiger partial charge in [-0.1, -0.05) is 121 Å². The van der Waals surface area contributed by atoms with Gasteiger partial charge >= 0.3 is 23.9 Å². The molecular formula is C56H73N9O13P2. The lowest BCUT2D eigenvalue weighted by Crippen LogP contribution is -2.47. The molecular weight excluding hydrogens is 1070 g/mol. The van der Waals surface area contributed by atoms with Crippen molar-refractivity contribution in [1.29, 1.82) is 0 Å². The molecule has 6 aromatic rings. The summed E-state index contributed by atoms with van der Waals surface area (Å²) in [6, 6.07) is 31.9. The molecule has 0 saturated heterocycles. The van der Waals surface area contributed by atoms with E-state index in [4.69, 9.17) is 34.2 Å². The minimum absolute atomic E-state index is 0.0000153. The lowest BCUT2D eigenvalue weighted by molar-refractivity contribution is -0.146. The summed E-state index contributed by atoms with van der Waals surface area (Å²) in [6.45, 7) is 6.05. The lowest BCUT2D eigenvalue weighted by atomic mass is 10.1. The van der Waals surface area contributed by atoms with Crippen LogP contribution < -0.4 is 31.6 Å². The van der Waals surface area contributed by atoms with Crippen LogP contribution in [-0.4, -0.2) is 132 Å². The van der Waals surface area contributed by atoms with Gasteiger partial charge in [-0.15, -0.1) is 0 Å². The molecule has 0 saturated carbocycles. The Bertz CT molecular complexity index is 2910. The van der Waals surface area contributed by atoms with Crippen LogP contribution in [0.2, 0.25) is 0 Å². The van der Waals surface area contributed by atoms with E-state index in [9.17, 15) is 24.0 Å². The summed E-state index contributed by atoms with van der Waals surface area (Å²) in [5.74, 6) is -2.82. The van der Waals surface area contributed by atoms with E-state index in [1.807, 2.05) is 121 Å². The Morgan fingerprint density at radius 2 is 0.912 bits per heavy atom. The van der Waals surface area contributed by atoms with E-state index in [0.29, 0.717) is 0 Å². The first-order valence-electron chi connectivity index (χ1n) is 26.6. The molecule has 6 atom stereocenters. The fraction of sp³-hybridized carbons (Fsp3) is 0.411. The number of carbonyl (C=O) groups excluding carboxylic acids is 4. The van der Waals surface area contributed by atoms with E-state index in [2.05, 4.69) is 35.3 Å². The van der Waals surface area contributed by atoms with Crippen LogP contribution in [0.1, 0.15) is 49.9 Å². The first-order valence-corrected chi connectivity index (χ1v) is 30.4. The van der Waals surface area contributed by atoms with Crippen molar-refractivity contribution in [3.8, 4) is 0 Å². The molecule has 0 fully saturated rings. The van der Waals surface area contributed by atoms with Gasteiger partial charge in [0.2, 0.25) is 20.8 Å². The van der Waals surface area contributed by atoms with Crippen molar-refractivity contribution in [3.63, 3.8) is 0 Å². The number of nitrogen functional groups attached to an aromatic ring is 1. The number of ether oxygens (including phenoxy) is 6. The van der Waals surface area contributed by atoms with E-state index in [0.717, 1.165) is 22.3 Å². The summed E-state index contributed by atoms with van der Waals surface area (Å²) in [6.07, 6.45) is 0.219. The van der Waals surface area contributed by atoms with Gasteiger partial charge in [0.25, 0.3) is 5.56 Å². The van der Waals surface area contributed by atoms with Crippen molar-refractivity contribution >= 4 is 55.9 Å². The van der Waals surface area contributed by atoms with Gasteiger partial charge in [-0.05, 0) is 75.6 Å². The van der Waals surface area contributed by atoms with Crippen LogP contribution in [0, 0.1) is 0 Å². The summed E-state index contributed by atoms with van der Waals surface area (Å²) in [4.78, 5) is 78.5. The zero-order valence-corrected chi connectivity index (χ0v) is 47.3. The number of anilines is 1. The normalized spacial score (nSPS) is 14.2. The quantitative estimate of drug-likeness (QED) is 0.0123. The van der Waals surface area contributed by atoms with Gasteiger partial charge in [-0.2, -0.15) is 4.98 Å². The second-order valence-corrected chi connectivity index (χ2v) is 23.4. The largest absolute Gasteiger partial charge is 0.465 e. The van der Waals surface area contributed by atoms with Crippen LogP contribution >= 0.6 is 14.9 Å². The van der Waals surface area contributed by atoms with Crippen LogP contribution in [0.3, 0.4) is 0 Å². The van der Waals surface area contributed by atoms with E-state index in [1.54, 1.807) is 27.7 Å². The highest BCUT2D eigenvalue weighted by molar-refractivity contribution is 7.60. The third-order valence-electron chi connectivity index (χ3n) is 12.4. The molecule has 0 aliphatic rings. The summed E-state index contributed by atoms with van der Waals surface area (Å²) in [5.41, 5.74) is 8.54. The molecule has 2 heterocycles. The summed E-state index contributed by atoms with van der Waals surface area (Å²) < 4.78 is 67.3. The number of benzene rings is 4. The number of H-pyrrole nitrogens is 1. The number of hydrogen-bond acceptors (Lipinski definition) is 16. The van der Waals surface area contributed by atoms with Crippen molar-refractivity contribution in [2.45, 2.75) is 90.2 Å². The average molecular weight is 1140 g/mol. The Morgan fingerprint density at radius 1 is 0.562 bits per heavy atom. The molecule has 0 amide bonds. The predicted molar refractivity (Wildman–Crippen MR) is 303 cm³/mol. The first-order chi connectivity index (χ1) is 38.6. The minimum atomic E-state index is -4.09. The summed E-state index contributed by atoms with van der Waals surface area (Å²) >= 11 is 0. The highest BCUT2D eigenvalue weighted by Gasteiger charge is 2.38. The molecule has 22 nitrogen and oxygen atoms in total. The third-order valence-corrected chi connectivity index (χ3v) is 16.9. The van der Waals surface area contributed by atoms with Gasteiger partial charge in [-0.25, -0.2) is 25.3 Å². The van der Waals surface area contributed by atoms with Crippen molar-refractivity contribution in [1.82, 2.24) is 39.9 Å². The number of esters is 4. The highest BCUT2D eigenvalue weighted by atomic mass is 31.2. The summed E-state index contributed by atoms with van der Waals surface area (Å²) in [7, 11) is -8.13. The molecule has 7 N–H and O–H groups in total. The zero-order chi connectivity index (χ0) is 57.3. The molecule has 0 radical (unpaired) electrons. The molecule has 6 rings (SSSR count). The number of hydrogen-bond donors (Lipinski definition) is 6. The Balaban J connectivity index is 1.30. The Morgan fingerprint density at radius 3 is 1.26 bits per heavy atom. The molecule has 0 spiro atoms. The van der Waals surface area contributed by atoms with Crippen LogP contribution in [-0.2, 0) is 89.0 Å². The number of carbonyl (C=O) groups is 4. The number of nitrogens with zero attached hydrogens (tertiary/aromatic N) is 3. The van der Waals surface area contributed by atoms with Crippen molar-refractivity contribution in [2.75, 3.05) is 64.3 Å². The number of nitrogens with two attached hydrogens (primary N) is 1. The standard InChI is InChI=1S/C56H73N9O13P2/c1-5-74-52(67)45(33-40-21-13-9-14-22-40)61-79(71,62-46(53(68)75-6-2)34-41-23-15-10-16-24-41)31-29-73-38-44(37-65-39-58-49-50(65)59-56(57)60-51(49)66)78-30-32-80(72,63-47(54(69)76-7-3)35-42-25-17-11-18-26-42)64-48(55(70)77-8-4)36-43-27-19-12-20-28-43/h9-28,39,44-48H,5-8,29-38H2,1-4H3,(H2,61,62,71)(H2,63,64,72)(H3,57,59,60,66)/t44?,45-,46-,47-,48+,80?/m0/s1. The van der Waals surface area contributed by atoms with Gasteiger partial charge in [-0.3, -0.25) is 38.1 Å². The fourth-order valence-corrected chi connectivity index (χ4v) is 12.9. The maximum atomic E-state index is 15.6. The van der Waals surface area contributed by atoms with Gasteiger partial charge < -0.3 is 38.7 Å². The van der Waals surface area contributed by atoms with Gasteiger partial charge in [0.1, 0.15) is 24.2 Å². The number of aromatic amines is 1. The van der Waals surface area contributed by atoms with Crippen LogP contribution in [0.15, 0.2) is 132 Å². The number of imidazole rings is 1. The molecule has 0 bridgehead atoms. The molecule has 2 aromatic heterocycles. The maximum Gasteiger partial charge on any atom is 0.323 e. The first kappa shape index (κ1) is 62.3. The second kappa shape index (κ2) is 31.8. The Hall–Kier alpha value is -6.87. The molecule has 430 valence electrons. The molecule has 0 aliphatic heterocycles. The van der Waals surface area contributed by atoms with Crippen molar-refractivity contribution in [2.24, 2.45) is 0 Å². The zero-order valence-electron chi connectivity index (χ0n) is 45.5. The molecule has 4 aromatic carbocycles. The topological polar surface area (TPSA) is 296 Å². The SMILES string of the molecule is CCOC(=O)[C@H](Cc1ccccc1)NP(=O)(CCOCC(Cn1cnc2c(=O)[nH]c(N)nc21)OCCP(=O)(N[C@@H](Cc1ccccc1)C(=O)OCC)N[C@H](Cc1ccccc1)C(=O)OCC)N[C@@H](Cc1ccccc1)C(=O)OCC. The number of fused-ring (bicyclic) bond motifs is 1. The number of rotatable bonds is 35. The Kier molecular flexibility index (Phi) is 24.8. The molecule has 2 unspecified atom stereocenters. The van der Waals surface area contributed by atoms with E-state index in [1.165, 1.54) is 10.9 Å². The number of aromatic nitrogens is 4. The third kappa shape index (κ3) is 19.7.